The lowest BCUT2D eigenvalue weighted by Crippen LogP contribution is -2.20. The summed E-state index contributed by atoms with van der Waals surface area (Å²) in [5, 5.41) is 3.26. The highest BCUT2D eigenvalue weighted by molar-refractivity contribution is 5.19. The largest absolute Gasteiger partial charge is 0.309 e. The van der Waals surface area contributed by atoms with Gasteiger partial charge in [0.2, 0.25) is 0 Å². The maximum atomic E-state index is 13.2. The Kier molecular flexibility index (Phi) is 2.51. The number of rotatable bonds is 3. The van der Waals surface area contributed by atoms with Crippen LogP contribution in [-0.2, 0) is 6.54 Å². The van der Waals surface area contributed by atoms with Crippen molar-refractivity contribution in [3.63, 3.8) is 0 Å². The summed E-state index contributed by atoms with van der Waals surface area (Å²) in [6, 6.07) is 4.17. The van der Waals surface area contributed by atoms with Crippen LogP contribution in [0.15, 0.2) is 18.2 Å². The van der Waals surface area contributed by atoms with Crippen LogP contribution in [0, 0.1) is 17.0 Å². The van der Waals surface area contributed by atoms with Crippen molar-refractivity contribution < 1.29 is 8.78 Å². The molecule has 1 aromatic rings. The lowest BCUT2D eigenvalue weighted by atomic mass is 10.1. The van der Waals surface area contributed by atoms with E-state index in [1.165, 1.54) is 12.1 Å². The Bertz CT molecular complexity index is 374. The average molecular weight is 211 g/mol. The highest BCUT2D eigenvalue weighted by atomic mass is 19.1. The van der Waals surface area contributed by atoms with Gasteiger partial charge in [-0.25, -0.2) is 8.78 Å². The third-order valence-electron chi connectivity index (χ3n) is 3.07. The van der Waals surface area contributed by atoms with Crippen molar-refractivity contribution >= 4 is 0 Å². The highest BCUT2D eigenvalue weighted by Gasteiger charge is 2.45. The molecule has 0 amide bonds. The van der Waals surface area contributed by atoms with Gasteiger partial charge in [0.1, 0.15) is 11.6 Å². The summed E-state index contributed by atoms with van der Waals surface area (Å²) in [7, 11) is 0. The molecule has 0 spiro atoms. The molecule has 1 aliphatic carbocycles. The Balaban J connectivity index is 1.94. The first-order chi connectivity index (χ1) is 6.99. The first kappa shape index (κ1) is 10.6. The summed E-state index contributed by atoms with van der Waals surface area (Å²) >= 11 is 0. The van der Waals surface area contributed by atoms with Gasteiger partial charge in [-0.05, 0) is 17.9 Å². The zero-order valence-electron chi connectivity index (χ0n) is 8.98. The summed E-state index contributed by atoms with van der Waals surface area (Å²) in [6.07, 6.45) is 1.12. The van der Waals surface area contributed by atoms with E-state index in [9.17, 15) is 8.78 Å². The predicted octanol–water partition coefficient (Wildman–Crippen LogP) is 2.85. The topological polar surface area (TPSA) is 12.0 Å². The molecule has 0 bridgehead atoms. The molecule has 0 radical (unpaired) electrons. The van der Waals surface area contributed by atoms with Crippen LogP contribution in [0.4, 0.5) is 8.78 Å². The van der Waals surface area contributed by atoms with Crippen LogP contribution >= 0.6 is 0 Å². The molecule has 1 nitrogen and oxygen atoms in total. The monoisotopic (exact) mass is 211 g/mol. The van der Waals surface area contributed by atoms with Crippen molar-refractivity contribution in [3.8, 4) is 0 Å². The third-order valence-corrected chi connectivity index (χ3v) is 3.07. The van der Waals surface area contributed by atoms with Crippen molar-refractivity contribution in [2.24, 2.45) is 5.41 Å². The molecule has 2 rings (SSSR count). The number of nitrogens with one attached hydrogen (secondary N) is 1. The van der Waals surface area contributed by atoms with E-state index in [0.29, 0.717) is 23.6 Å². The summed E-state index contributed by atoms with van der Waals surface area (Å²) < 4.78 is 25.9. The molecule has 1 aliphatic rings. The molecule has 1 aromatic carbocycles. The summed E-state index contributed by atoms with van der Waals surface area (Å²) in [4.78, 5) is 0. The van der Waals surface area contributed by atoms with Crippen molar-refractivity contribution in [2.45, 2.75) is 32.9 Å². The van der Waals surface area contributed by atoms with Crippen LogP contribution in [0.1, 0.15) is 25.8 Å². The van der Waals surface area contributed by atoms with Crippen LogP contribution in [0.25, 0.3) is 0 Å². The van der Waals surface area contributed by atoms with Crippen LogP contribution in [0.5, 0.6) is 0 Å². The van der Waals surface area contributed by atoms with E-state index in [-0.39, 0.29) is 0 Å². The minimum Gasteiger partial charge on any atom is -0.309 e. The van der Waals surface area contributed by atoms with Gasteiger partial charge in [0.25, 0.3) is 0 Å². The van der Waals surface area contributed by atoms with Gasteiger partial charge in [0.05, 0.1) is 0 Å². The molecule has 3 heteroatoms. The van der Waals surface area contributed by atoms with E-state index >= 15 is 0 Å². The maximum Gasteiger partial charge on any atom is 0.130 e. The second-order valence-corrected chi connectivity index (χ2v) is 4.86. The SMILES string of the molecule is CC1(C)CC1NCc1ccc(F)cc1F. The fraction of sp³-hybridized carbons (Fsp3) is 0.500. The standard InChI is InChI=1S/C12H15F2N/c1-12(2)6-11(12)15-7-8-3-4-9(13)5-10(8)14/h3-5,11,15H,6-7H2,1-2H3. The third kappa shape index (κ3) is 2.34. The lowest BCUT2D eigenvalue weighted by molar-refractivity contribution is 0.523. The number of hydrogen-bond acceptors (Lipinski definition) is 1. The van der Waals surface area contributed by atoms with Gasteiger partial charge in [0, 0.05) is 24.2 Å². The Morgan fingerprint density at radius 2 is 2.07 bits per heavy atom. The summed E-state index contributed by atoms with van der Waals surface area (Å²) in [5.74, 6) is -0.996. The van der Waals surface area contributed by atoms with Gasteiger partial charge in [-0.15, -0.1) is 0 Å². The minimum absolute atomic E-state index is 0.330. The molecule has 0 aliphatic heterocycles. The maximum absolute atomic E-state index is 13.2. The van der Waals surface area contributed by atoms with E-state index in [4.69, 9.17) is 0 Å². The van der Waals surface area contributed by atoms with Crippen molar-refractivity contribution in [1.82, 2.24) is 5.32 Å². The first-order valence-corrected chi connectivity index (χ1v) is 5.16. The lowest BCUT2D eigenvalue weighted by Gasteiger charge is -2.07. The Morgan fingerprint density at radius 3 is 2.60 bits per heavy atom. The van der Waals surface area contributed by atoms with Crippen LogP contribution in [0.2, 0.25) is 0 Å². The smallest absolute Gasteiger partial charge is 0.130 e. The Labute approximate surface area is 88.5 Å². The minimum atomic E-state index is -0.525. The fourth-order valence-corrected chi connectivity index (χ4v) is 1.71. The van der Waals surface area contributed by atoms with Gasteiger partial charge in [-0.1, -0.05) is 19.9 Å². The highest BCUT2D eigenvalue weighted by Crippen LogP contribution is 2.44. The second kappa shape index (κ2) is 3.56. The molecule has 1 atom stereocenters. The fourth-order valence-electron chi connectivity index (χ4n) is 1.71. The average Bonchev–Trinajstić information content (AvgIpc) is 2.73. The molecular weight excluding hydrogens is 196 g/mol. The van der Waals surface area contributed by atoms with Gasteiger partial charge < -0.3 is 5.32 Å². The second-order valence-electron chi connectivity index (χ2n) is 4.86. The summed E-state index contributed by atoms with van der Waals surface area (Å²) in [6.45, 7) is 4.82. The number of benzene rings is 1. The first-order valence-electron chi connectivity index (χ1n) is 5.16. The molecular formula is C12H15F2N. The Morgan fingerprint density at radius 1 is 1.40 bits per heavy atom. The Hall–Kier alpha value is -0.960. The molecule has 1 unspecified atom stereocenters. The predicted molar refractivity (Wildman–Crippen MR) is 55.4 cm³/mol. The summed E-state index contributed by atoms with van der Waals surface area (Å²) in [5.41, 5.74) is 0.857. The van der Waals surface area contributed by atoms with E-state index in [1.807, 2.05) is 0 Å². The van der Waals surface area contributed by atoms with Crippen LogP contribution in [-0.4, -0.2) is 6.04 Å². The molecule has 1 N–H and O–H groups in total. The van der Waals surface area contributed by atoms with Crippen LogP contribution < -0.4 is 5.32 Å². The van der Waals surface area contributed by atoms with Gasteiger partial charge in [0.15, 0.2) is 0 Å². The number of hydrogen-bond donors (Lipinski definition) is 1. The van der Waals surface area contributed by atoms with E-state index in [0.717, 1.165) is 12.5 Å². The quantitative estimate of drug-likeness (QED) is 0.810. The van der Waals surface area contributed by atoms with Crippen LogP contribution in [0.3, 0.4) is 0 Å². The van der Waals surface area contributed by atoms with Crippen molar-refractivity contribution in [1.29, 1.82) is 0 Å². The molecule has 15 heavy (non-hydrogen) atoms. The molecule has 0 aromatic heterocycles. The van der Waals surface area contributed by atoms with E-state index < -0.39 is 11.6 Å². The van der Waals surface area contributed by atoms with Crippen molar-refractivity contribution in [3.05, 3.63) is 35.4 Å². The molecule has 82 valence electrons. The normalized spacial score (nSPS) is 22.8. The van der Waals surface area contributed by atoms with E-state index in [1.54, 1.807) is 0 Å². The molecule has 0 heterocycles. The van der Waals surface area contributed by atoms with Crippen molar-refractivity contribution in [2.75, 3.05) is 0 Å². The zero-order chi connectivity index (χ0) is 11.1. The zero-order valence-corrected chi connectivity index (χ0v) is 8.98. The molecule has 1 fully saturated rings. The number of halogens is 2. The molecule has 1 saturated carbocycles. The molecule has 0 saturated heterocycles. The van der Waals surface area contributed by atoms with Gasteiger partial charge in [-0.3, -0.25) is 0 Å². The van der Waals surface area contributed by atoms with Gasteiger partial charge >= 0.3 is 0 Å². The van der Waals surface area contributed by atoms with E-state index in [2.05, 4.69) is 19.2 Å². The van der Waals surface area contributed by atoms with Gasteiger partial charge in [-0.2, -0.15) is 0 Å².